The van der Waals surface area contributed by atoms with Crippen molar-refractivity contribution in [2.75, 3.05) is 0 Å². The first-order valence-electron chi connectivity index (χ1n) is 6.32. The summed E-state index contributed by atoms with van der Waals surface area (Å²) >= 11 is 0. The Morgan fingerprint density at radius 3 is 2.13 bits per heavy atom. The molecule has 3 aromatic carbocycles. The van der Waals surface area contributed by atoms with Crippen LogP contribution in [-0.2, 0) is 34.4 Å². The van der Waals surface area contributed by atoms with Crippen LogP contribution in [0.1, 0.15) is 20.7 Å². The molecular formula is C18H12AlCrFeO2. The van der Waals surface area contributed by atoms with Crippen LogP contribution in [0, 0.1) is 0 Å². The number of rotatable bonds is 3. The van der Waals surface area contributed by atoms with E-state index in [-0.39, 0.29) is 57.6 Å². The fraction of sp³-hybridized carbons (Fsp3) is 0. The summed E-state index contributed by atoms with van der Waals surface area (Å²) in [5.74, 6) is -0.234. The fourth-order valence-corrected chi connectivity index (χ4v) is 2.49. The van der Waals surface area contributed by atoms with Gasteiger partial charge in [-0.2, -0.15) is 0 Å². The minimum absolute atomic E-state index is 0. The molecule has 0 aliphatic heterocycles. The van der Waals surface area contributed by atoms with Gasteiger partial charge in [0.05, 0.1) is 0 Å². The van der Waals surface area contributed by atoms with E-state index < -0.39 is 0 Å². The van der Waals surface area contributed by atoms with Gasteiger partial charge in [-0.3, -0.25) is 9.59 Å². The molecule has 0 saturated carbocycles. The van der Waals surface area contributed by atoms with Crippen molar-refractivity contribution < 1.29 is 44.0 Å². The Morgan fingerprint density at radius 2 is 1.57 bits per heavy atom. The molecule has 0 spiro atoms. The summed E-state index contributed by atoms with van der Waals surface area (Å²) in [6, 6.07) is 15.5. The Labute approximate surface area is 166 Å². The number of fused-ring (bicyclic) bond motifs is 2. The van der Waals surface area contributed by atoms with Crippen molar-refractivity contribution in [3.8, 4) is 0 Å². The van der Waals surface area contributed by atoms with Crippen LogP contribution in [0.3, 0.4) is 0 Å². The third-order valence-electron chi connectivity index (χ3n) is 3.50. The van der Waals surface area contributed by atoms with Gasteiger partial charge in [-0.25, -0.2) is 0 Å². The molecule has 0 bridgehead atoms. The number of carbonyl (C=O) groups is 2. The Bertz CT molecular complexity index is 877. The quantitative estimate of drug-likeness (QED) is 0.222. The fourth-order valence-electron chi connectivity index (χ4n) is 2.49. The largest absolute Gasteiger partial charge is 0.298 e. The van der Waals surface area contributed by atoms with Crippen molar-refractivity contribution in [2.45, 2.75) is 0 Å². The van der Waals surface area contributed by atoms with Crippen molar-refractivity contribution >= 4 is 51.0 Å². The summed E-state index contributed by atoms with van der Waals surface area (Å²) in [6.45, 7) is 3.48. The number of benzene rings is 3. The predicted molar refractivity (Wildman–Crippen MR) is 87.1 cm³/mol. The van der Waals surface area contributed by atoms with E-state index in [4.69, 9.17) is 0 Å². The average molecular weight is 395 g/mol. The van der Waals surface area contributed by atoms with E-state index in [0.29, 0.717) is 11.1 Å². The summed E-state index contributed by atoms with van der Waals surface area (Å²) in [5.41, 5.74) is 0.830. The van der Waals surface area contributed by atoms with E-state index in [9.17, 15) is 9.59 Å². The SMILES string of the molecule is C=CC(=O)c1ccc2cc3ccccc3cc2c1C=O.[Al].[Cr].[Fe]. The number of allylic oxidation sites excluding steroid dienone is 1. The maximum atomic E-state index is 11.8. The van der Waals surface area contributed by atoms with Gasteiger partial charge in [-0.15, -0.1) is 0 Å². The molecule has 0 amide bonds. The van der Waals surface area contributed by atoms with Crippen LogP contribution in [0.5, 0.6) is 0 Å². The van der Waals surface area contributed by atoms with Crippen LogP contribution in [0.15, 0.2) is 61.2 Å². The molecule has 3 rings (SSSR count). The Hall–Kier alpha value is -1.16. The number of ketones is 1. The molecule has 0 N–H and O–H groups in total. The van der Waals surface area contributed by atoms with Crippen molar-refractivity contribution in [3.63, 3.8) is 0 Å². The van der Waals surface area contributed by atoms with Gasteiger partial charge in [-0.05, 0) is 45.8 Å². The zero-order valence-electron chi connectivity index (χ0n) is 12.1. The standard InChI is InChI=1S/C18H12O2.Al.Cr.Fe/c1-2-18(20)15-8-7-14-9-12-5-3-4-6-13(12)10-16(14)17(15)11-19;;;/h2-11H,1H2;;;. The maximum absolute atomic E-state index is 11.8. The van der Waals surface area contributed by atoms with Gasteiger partial charge in [-0.1, -0.05) is 36.9 Å². The van der Waals surface area contributed by atoms with E-state index in [0.717, 1.165) is 27.8 Å². The Morgan fingerprint density at radius 1 is 0.957 bits per heavy atom. The molecule has 3 aromatic rings. The van der Waals surface area contributed by atoms with Crippen molar-refractivity contribution in [1.29, 1.82) is 0 Å². The molecule has 0 aliphatic rings. The van der Waals surface area contributed by atoms with E-state index in [1.54, 1.807) is 6.07 Å². The minimum Gasteiger partial charge on any atom is -0.298 e. The van der Waals surface area contributed by atoms with Crippen LogP contribution >= 0.6 is 0 Å². The zero-order valence-corrected chi connectivity index (χ0v) is 15.7. The maximum Gasteiger partial charge on any atom is 0.185 e. The summed E-state index contributed by atoms with van der Waals surface area (Å²) in [5, 5.41) is 3.91. The molecule has 0 aromatic heterocycles. The van der Waals surface area contributed by atoms with Crippen LogP contribution in [0.25, 0.3) is 21.5 Å². The van der Waals surface area contributed by atoms with Crippen molar-refractivity contribution in [2.24, 2.45) is 0 Å². The van der Waals surface area contributed by atoms with Gasteiger partial charge in [0.15, 0.2) is 12.1 Å². The average Bonchev–Trinajstić information content (AvgIpc) is 2.50. The van der Waals surface area contributed by atoms with Gasteiger partial charge in [0, 0.05) is 62.9 Å². The van der Waals surface area contributed by atoms with Gasteiger partial charge < -0.3 is 0 Å². The minimum atomic E-state index is -0.234. The van der Waals surface area contributed by atoms with Gasteiger partial charge >= 0.3 is 0 Å². The molecule has 0 unspecified atom stereocenters. The van der Waals surface area contributed by atoms with Crippen LogP contribution in [0.2, 0.25) is 0 Å². The first kappa shape index (κ1) is 21.8. The molecule has 0 heterocycles. The van der Waals surface area contributed by atoms with Crippen LogP contribution in [0.4, 0.5) is 0 Å². The monoisotopic (exact) mass is 395 g/mol. The summed E-state index contributed by atoms with van der Waals surface area (Å²) < 4.78 is 0. The molecule has 0 fully saturated rings. The number of hydrogen-bond acceptors (Lipinski definition) is 2. The normalized spacial score (nSPS) is 9.22. The number of hydrogen-bond donors (Lipinski definition) is 0. The summed E-state index contributed by atoms with van der Waals surface area (Å²) in [6.07, 6.45) is 1.98. The molecule has 0 saturated heterocycles. The third kappa shape index (κ3) is 4.03. The molecule has 0 atom stereocenters. The van der Waals surface area contributed by atoms with E-state index in [1.165, 1.54) is 6.08 Å². The molecule has 0 aliphatic carbocycles. The van der Waals surface area contributed by atoms with E-state index in [1.807, 2.05) is 42.5 Å². The second kappa shape index (κ2) is 9.22. The topological polar surface area (TPSA) is 34.1 Å². The van der Waals surface area contributed by atoms with Gasteiger partial charge in [0.1, 0.15) is 0 Å². The second-order valence-electron chi connectivity index (χ2n) is 4.63. The molecule has 113 valence electrons. The van der Waals surface area contributed by atoms with Crippen molar-refractivity contribution in [3.05, 3.63) is 72.3 Å². The van der Waals surface area contributed by atoms with Crippen LogP contribution in [-0.4, -0.2) is 29.4 Å². The van der Waals surface area contributed by atoms with Crippen molar-refractivity contribution in [1.82, 2.24) is 0 Å². The van der Waals surface area contributed by atoms with E-state index in [2.05, 4.69) is 6.58 Å². The zero-order chi connectivity index (χ0) is 14.1. The molecule has 2 nitrogen and oxygen atoms in total. The Balaban J connectivity index is 0.00000161. The molecule has 3 radical (unpaired) electrons. The van der Waals surface area contributed by atoms with E-state index >= 15 is 0 Å². The van der Waals surface area contributed by atoms with Crippen LogP contribution < -0.4 is 0 Å². The predicted octanol–water partition coefficient (Wildman–Crippen LogP) is 3.79. The molecule has 23 heavy (non-hydrogen) atoms. The number of carbonyl (C=O) groups excluding carboxylic acids is 2. The first-order valence-corrected chi connectivity index (χ1v) is 6.32. The Kier molecular flexibility index (Phi) is 8.75. The van der Waals surface area contributed by atoms with Gasteiger partial charge in [0.25, 0.3) is 0 Å². The van der Waals surface area contributed by atoms with Gasteiger partial charge in [0.2, 0.25) is 0 Å². The second-order valence-corrected chi connectivity index (χ2v) is 4.63. The third-order valence-corrected chi connectivity index (χ3v) is 3.50. The number of aldehydes is 1. The molecule has 5 heteroatoms. The first-order chi connectivity index (χ1) is 9.74. The smallest absolute Gasteiger partial charge is 0.185 e. The summed E-state index contributed by atoms with van der Waals surface area (Å²) in [4.78, 5) is 23.2. The summed E-state index contributed by atoms with van der Waals surface area (Å²) in [7, 11) is 0. The molecular weight excluding hydrogens is 383 g/mol.